The molecule has 28 heavy (non-hydrogen) atoms. The number of imidazole rings is 1. The van der Waals surface area contributed by atoms with Gasteiger partial charge in [-0.3, -0.25) is 4.21 Å². The zero-order valence-corrected chi connectivity index (χ0v) is 16.4. The molecule has 1 unspecified atom stereocenters. The summed E-state index contributed by atoms with van der Waals surface area (Å²) < 4.78 is 53.0. The third-order valence-corrected chi connectivity index (χ3v) is 5.91. The quantitative estimate of drug-likeness (QED) is 0.617. The summed E-state index contributed by atoms with van der Waals surface area (Å²) in [6.07, 6.45) is -1.54. The Morgan fingerprint density at radius 3 is 2.50 bits per heavy atom. The van der Waals surface area contributed by atoms with Crippen LogP contribution in [0.25, 0.3) is 16.9 Å². The van der Waals surface area contributed by atoms with Crippen molar-refractivity contribution >= 4 is 16.4 Å². The number of rotatable bonds is 4. The van der Waals surface area contributed by atoms with Gasteiger partial charge in [-0.2, -0.15) is 18.4 Å². The molecular weight excluding hydrogens is 387 g/mol. The number of nitrogens with zero attached hydrogens (tertiary/aromatic N) is 3. The van der Waals surface area contributed by atoms with Crippen molar-refractivity contribution in [2.24, 2.45) is 0 Å². The number of hydrogen-bond donors (Lipinski definition) is 0. The Morgan fingerprint density at radius 1 is 1.18 bits per heavy atom. The van der Waals surface area contributed by atoms with Crippen LogP contribution in [0.4, 0.5) is 13.2 Å². The van der Waals surface area contributed by atoms with Crippen LogP contribution in [0, 0.1) is 11.3 Å². The van der Waals surface area contributed by atoms with Crippen LogP contribution in [-0.4, -0.2) is 19.3 Å². The van der Waals surface area contributed by atoms with Crippen molar-refractivity contribution in [3.05, 3.63) is 53.9 Å². The van der Waals surface area contributed by atoms with Crippen LogP contribution in [0.3, 0.4) is 0 Å². The third-order valence-electron chi connectivity index (χ3n) is 4.55. The van der Waals surface area contributed by atoms with Gasteiger partial charge in [0.15, 0.2) is 0 Å². The molecule has 8 heteroatoms. The highest BCUT2D eigenvalue weighted by atomic mass is 32.2. The molecule has 0 aliphatic heterocycles. The molecule has 0 aliphatic rings. The Morgan fingerprint density at radius 2 is 1.89 bits per heavy atom. The molecule has 0 amide bonds. The number of nitriles is 1. The van der Waals surface area contributed by atoms with E-state index in [0.29, 0.717) is 21.9 Å². The van der Waals surface area contributed by atoms with Crippen LogP contribution in [0.1, 0.15) is 31.9 Å². The Bertz CT molecular complexity index is 1110. The summed E-state index contributed by atoms with van der Waals surface area (Å²) in [7, 11) is -1.33. The lowest BCUT2D eigenvalue weighted by atomic mass is 9.86. The third kappa shape index (κ3) is 3.67. The Kier molecular flexibility index (Phi) is 5.06. The number of aromatic nitrogens is 2. The second kappa shape index (κ2) is 7.06. The SMILES string of the molecule is CCS(=O)c1cc(C(C)(C)C#N)ccc1-c1cn2ccc(C(F)(F)F)cc2n1. The minimum absolute atomic E-state index is 0.152. The number of benzene rings is 1. The summed E-state index contributed by atoms with van der Waals surface area (Å²) >= 11 is 0. The van der Waals surface area contributed by atoms with E-state index < -0.39 is 28.0 Å². The number of halogens is 3. The molecule has 0 fully saturated rings. The lowest BCUT2D eigenvalue weighted by Crippen LogP contribution is -2.14. The predicted molar refractivity (Wildman–Crippen MR) is 101 cm³/mol. The van der Waals surface area contributed by atoms with E-state index >= 15 is 0 Å². The van der Waals surface area contributed by atoms with E-state index in [1.54, 1.807) is 45.2 Å². The number of pyridine rings is 1. The van der Waals surface area contributed by atoms with Gasteiger partial charge in [-0.1, -0.05) is 19.1 Å². The van der Waals surface area contributed by atoms with Gasteiger partial charge >= 0.3 is 6.18 Å². The average molecular weight is 405 g/mol. The first-order valence-corrected chi connectivity index (χ1v) is 9.89. The van der Waals surface area contributed by atoms with Crippen molar-refractivity contribution in [3.8, 4) is 17.3 Å². The maximum atomic E-state index is 12.9. The predicted octanol–water partition coefficient (Wildman–Crippen LogP) is 4.95. The monoisotopic (exact) mass is 405 g/mol. The number of hydrogen-bond acceptors (Lipinski definition) is 3. The minimum atomic E-state index is -4.45. The molecule has 0 radical (unpaired) electrons. The van der Waals surface area contributed by atoms with Crippen molar-refractivity contribution < 1.29 is 17.4 Å². The van der Waals surface area contributed by atoms with Crippen molar-refractivity contribution in [3.63, 3.8) is 0 Å². The van der Waals surface area contributed by atoms with Gasteiger partial charge in [0, 0.05) is 28.6 Å². The Hall–Kier alpha value is -2.66. The highest BCUT2D eigenvalue weighted by Gasteiger charge is 2.31. The molecule has 146 valence electrons. The van der Waals surface area contributed by atoms with Gasteiger partial charge in [-0.25, -0.2) is 4.98 Å². The topological polar surface area (TPSA) is 58.2 Å². The molecule has 2 aromatic heterocycles. The second-order valence-electron chi connectivity index (χ2n) is 6.89. The standard InChI is InChI=1S/C20H18F3N3OS/c1-4-28(27)17-9-13(19(2,3)12-24)5-6-15(17)16-11-26-8-7-14(20(21,22)23)10-18(26)25-16/h5-11H,4H2,1-3H3. The highest BCUT2D eigenvalue weighted by Crippen LogP contribution is 2.33. The molecule has 0 saturated heterocycles. The molecule has 0 N–H and O–H groups in total. The lowest BCUT2D eigenvalue weighted by Gasteiger charge is -2.18. The molecular formula is C20H18F3N3OS. The molecule has 0 spiro atoms. The lowest BCUT2D eigenvalue weighted by molar-refractivity contribution is -0.137. The summed E-state index contributed by atoms with van der Waals surface area (Å²) in [6, 6.07) is 9.40. The van der Waals surface area contributed by atoms with E-state index in [1.807, 2.05) is 0 Å². The summed E-state index contributed by atoms with van der Waals surface area (Å²) in [4.78, 5) is 4.83. The fraction of sp³-hybridized carbons (Fsp3) is 0.300. The first-order chi connectivity index (χ1) is 13.1. The van der Waals surface area contributed by atoms with Gasteiger partial charge in [0.1, 0.15) is 5.65 Å². The molecule has 1 atom stereocenters. The smallest absolute Gasteiger partial charge is 0.306 e. The molecule has 0 bridgehead atoms. The fourth-order valence-electron chi connectivity index (χ4n) is 2.82. The van der Waals surface area contributed by atoms with Crippen LogP contribution in [0.2, 0.25) is 0 Å². The van der Waals surface area contributed by atoms with Gasteiger partial charge < -0.3 is 4.40 Å². The normalized spacial score (nSPS) is 13.5. The Labute approximate surface area is 163 Å². The van der Waals surface area contributed by atoms with Gasteiger partial charge in [0.25, 0.3) is 0 Å². The van der Waals surface area contributed by atoms with E-state index in [4.69, 9.17) is 0 Å². The van der Waals surface area contributed by atoms with Crippen molar-refractivity contribution in [2.45, 2.75) is 37.3 Å². The summed E-state index contributed by atoms with van der Waals surface area (Å²) in [5.74, 6) is 0.370. The molecule has 0 saturated carbocycles. The van der Waals surface area contributed by atoms with E-state index in [-0.39, 0.29) is 5.65 Å². The summed E-state index contributed by atoms with van der Waals surface area (Å²) in [5, 5.41) is 9.37. The van der Waals surface area contributed by atoms with Crippen LogP contribution in [0.15, 0.2) is 47.6 Å². The molecule has 1 aromatic carbocycles. The van der Waals surface area contributed by atoms with E-state index in [1.165, 1.54) is 10.6 Å². The molecule has 3 aromatic rings. The van der Waals surface area contributed by atoms with Crippen LogP contribution < -0.4 is 0 Å². The van der Waals surface area contributed by atoms with E-state index in [9.17, 15) is 22.6 Å². The first-order valence-electron chi connectivity index (χ1n) is 8.57. The van der Waals surface area contributed by atoms with E-state index in [2.05, 4.69) is 11.1 Å². The van der Waals surface area contributed by atoms with Crippen LogP contribution >= 0.6 is 0 Å². The number of fused-ring (bicyclic) bond motifs is 1. The summed E-state index contributed by atoms with van der Waals surface area (Å²) in [6.45, 7) is 5.32. The van der Waals surface area contributed by atoms with Gasteiger partial charge in [-0.15, -0.1) is 0 Å². The first kappa shape index (κ1) is 20.1. The maximum Gasteiger partial charge on any atom is 0.416 e. The van der Waals surface area contributed by atoms with Gasteiger partial charge in [0.2, 0.25) is 0 Å². The van der Waals surface area contributed by atoms with Gasteiger partial charge in [-0.05, 0) is 37.6 Å². The molecule has 4 nitrogen and oxygen atoms in total. The average Bonchev–Trinajstić information content (AvgIpc) is 3.09. The molecule has 0 aliphatic carbocycles. The highest BCUT2D eigenvalue weighted by molar-refractivity contribution is 7.85. The summed E-state index contributed by atoms with van der Waals surface area (Å²) in [5.41, 5.74) is 0.345. The van der Waals surface area contributed by atoms with Crippen molar-refractivity contribution in [1.82, 2.24) is 9.38 Å². The maximum absolute atomic E-state index is 12.9. The largest absolute Gasteiger partial charge is 0.416 e. The fourth-order valence-corrected chi connectivity index (χ4v) is 3.81. The zero-order chi connectivity index (χ0) is 20.7. The molecule has 2 heterocycles. The second-order valence-corrected chi connectivity index (χ2v) is 8.59. The Balaban J connectivity index is 2.17. The van der Waals surface area contributed by atoms with Crippen molar-refractivity contribution in [1.29, 1.82) is 5.26 Å². The van der Waals surface area contributed by atoms with Gasteiger partial charge in [0.05, 0.1) is 33.5 Å². The van der Waals surface area contributed by atoms with E-state index in [0.717, 1.165) is 17.7 Å². The zero-order valence-electron chi connectivity index (χ0n) is 15.5. The van der Waals surface area contributed by atoms with Crippen molar-refractivity contribution in [2.75, 3.05) is 5.75 Å². The number of alkyl halides is 3. The van der Waals surface area contributed by atoms with Crippen LogP contribution in [0.5, 0.6) is 0 Å². The van der Waals surface area contributed by atoms with Crippen LogP contribution in [-0.2, 0) is 22.4 Å². The molecule has 3 rings (SSSR count). The minimum Gasteiger partial charge on any atom is -0.306 e.